The van der Waals surface area contributed by atoms with E-state index in [0.29, 0.717) is 13.1 Å². The summed E-state index contributed by atoms with van der Waals surface area (Å²) in [6.07, 6.45) is 0. The quantitative estimate of drug-likeness (QED) is 0.830. The number of thiophene rings is 1. The lowest BCUT2D eigenvalue weighted by atomic mass is 9.83. The molecule has 0 unspecified atom stereocenters. The van der Waals surface area contributed by atoms with Crippen molar-refractivity contribution < 1.29 is 9.90 Å². The van der Waals surface area contributed by atoms with Crippen LogP contribution in [0.25, 0.3) is 0 Å². The predicted octanol–water partition coefficient (Wildman–Crippen LogP) is 2.20. The highest BCUT2D eigenvalue weighted by molar-refractivity contribution is 14.1. The van der Waals surface area contributed by atoms with Gasteiger partial charge in [-0.25, -0.2) is 0 Å². The molecule has 1 aromatic rings. The van der Waals surface area contributed by atoms with Gasteiger partial charge in [-0.2, -0.15) is 0 Å². The van der Waals surface area contributed by atoms with Crippen molar-refractivity contribution >= 4 is 39.8 Å². The number of halogens is 1. The van der Waals surface area contributed by atoms with Crippen molar-refractivity contribution in [2.75, 3.05) is 13.1 Å². The largest absolute Gasteiger partial charge is 0.386 e. The van der Waals surface area contributed by atoms with Crippen molar-refractivity contribution in [2.24, 2.45) is 5.92 Å². The molecular formula is C11H14INO2S. The normalized spacial score (nSPS) is 18.7. The summed E-state index contributed by atoms with van der Waals surface area (Å²) < 4.78 is 1.11. The van der Waals surface area contributed by atoms with Gasteiger partial charge in [0.05, 0.1) is 21.5 Å². The first-order valence-electron chi connectivity index (χ1n) is 5.18. The van der Waals surface area contributed by atoms with Gasteiger partial charge in [-0.05, 0) is 34.6 Å². The number of aliphatic hydroxyl groups is 1. The van der Waals surface area contributed by atoms with Crippen LogP contribution in [0.1, 0.15) is 24.2 Å². The number of likely N-dealkylation sites (tertiary alicyclic amines) is 1. The third kappa shape index (κ3) is 2.12. The van der Waals surface area contributed by atoms with Crippen molar-refractivity contribution in [2.45, 2.75) is 19.4 Å². The predicted molar refractivity (Wildman–Crippen MR) is 72.7 cm³/mol. The molecule has 1 N–H and O–H groups in total. The fourth-order valence-electron chi connectivity index (χ4n) is 1.73. The second-order valence-electron chi connectivity index (χ2n) is 4.56. The molecule has 0 spiro atoms. The van der Waals surface area contributed by atoms with Gasteiger partial charge in [-0.1, -0.05) is 13.8 Å². The molecule has 0 bridgehead atoms. The summed E-state index contributed by atoms with van der Waals surface area (Å²) in [7, 11) is 0. The first kappa shape index (κ1) is 12.3. The molecule has 0 atom stereocenters. The molecule has 1 fully saturated rings. The Morgan fingerprint density at radius 1 is 1.62 bits per heavy atom. The van der Waals surface area contributed by atoms with Gasteiger partial charge in [0.1, 0.15) is 5.60 Å². The van der Waals surface area contributed by atoms with Crippen molar-refractivity contribution in [3.05, 3.63) is 19.9 Å². The van der Waals surface area contributed by atoms with Crippen LogP contribution in [0.2, 0.25) is 0 Å². The highest BCUT2D eigenvalue weighted by Gasteiger charge is 2.45. The number of carbonyl (C=O) groups is 1. The number of hydrogen-bond acceptors (Lipinski definition) is 3. The first-order chi connectivity index (χ1) is 7.42. The lowest BCUT2D eigenvalue weighted by Crippen LogP contribution is -2.65. The monoisotopic (exact) mass is 351 g/mol. The second kappa shape index (κ2) is 4.27. The minimum Gasteiger partial charge on any atom is -0.386 e. The molecule has 0 radical (unpaired) electrons. The molecule has 1 saturated heterocycles. The van der Waals surface area contributed by atoms with E-state index in [9.17, 15) is 9.90 Å². The Labute approximate surface area is 113 Å². The summed E-state index contributed by atoms with van der Waals surface area (Å²) in [5.74, 6) is 0.226. The van der Waals surface area contributed by atoms with Crippen LogP contribution in [0.15, 0.2) is 11.4 Å². The fourth-order valence-corrected chi connectivity index (χ4v) is 3.05. The third-order valence-electron chi connectivity index (χ3n) is 3.11. The van der Waals surface area contributed by atoms with Crippen LogP contribution in [0.5, 0.6) is 0 Å². The molecule has 16 heavy (non-hydrogen) atoms. The third-order valence-corrected chi connectivity index (χ3v) is 4.89. The first-order valence-corrected chi connectivity index (χ1v) is 7.14. The zero-order valence-electron chi connectivity index (χ0n) is 9.24. The van der Waals surface area contributed by atoms with Crippen molar-refractivity contribution in [3.8, 4) is 0 Å². The summed E-state index contributed by atoms with van der Waals surface area (Å²) in [6.45, 7) is 4.87. The molecule has 1 aromatic heterocycles. The van der Waals surface area contributed by atoms with Crippen LogP contribution in [-0.2, 0) is 0 Å². The number of carbonyl (C=O) groups excluding carboxylic acids is 1. The molecular weight excluding hydrogens is 337 g/mol. The maximum Gasteiger partial charge on any atom is 0.254 e. The van der Waals surface area contributed by atoms with Gasteiger partial charge in [0.2, 0.25) is 0 Å². The van der Waals surface area contributed by atoms with E-state index in [1.165, 1.54) is 0 Å². The lowest BCUT2D eigenvalue weighted by Gasteiger charge is -2.48. The topological polar surface area (TPSA) is 40.5 Å². The summed E-state index contributed by atoms with van der Waals surface area (Å²) in [4.78, 5) is 13.7. The summed E-state index contributed by atoms with van der Waals surface area (Å²) in [5.41, 5.74) is 0.0546. The zero-order valence-corrected chi connectivity index (χ0v) is 12.2. The van der Waals surface area contributed by atoms with Crippen molar-refractivity contribution in [3.63, 3.8) is 0 Å². The smallest absolute Gasteiger partial charge is 0.254 e. The summed E-state index contributed by atoms with van der Waals surface area (Å²) >= 11 is 3.77. The average molecular weight is 351 g/mol. The fraction of sp³-hybridized carbons (Fsp3) is 0.545. The van der Waals surface area contributed by atoms with Gasteiger partial charge in [0.15, 0.2) is 0 Å². The van der Waals surface area contributed by atoms with Crippen LogP contribution in [0.4, 0.5) is 0 Å². The molecule has 3 nitrogen and oxygen atoms in total. The highest BCUT2D eigenvalue weighted by Crippen LogP contribution is 2.30. The minimum absolute atomic E-state index is 0.0319. The molecule has 0 aliphatic carbocycles. The maximum atomic E-state index is 12.0. The standard InChI is InChI=1S/C11H14INO2S/c1-7(2)11(15)5-13(6-11)10(14)8-3-9(12)16-4-8/h3-4,7,15H,5-6H2,1-2H3. The number of rotatable bonds is 2. The molecule has 88 valence electrons. The van der Waals surface area contributed by atoms with Crippen LogP contribution in [0, 0.1) is 8.80 Å². The Bertz CT molecular complexity index is 410. The number of β-amino-alcohol motifs (C(OH)–C–C–N with tert-alkyl or cyclic N) is 1. The Hall–Kier alpha value is -0.140. The SMILES string of the molecule is CC(C)C1(O)CN(C(=O)c2csc(I)c2)C1. The maximum absolute atomic E-state index is 12.0. The van der Waals surface area contributed by atoms with E-state index in [1.807, 2.05) is 25.3 Å². The Morgan fingerprint density at radius 2 is 2.25 bits per heavy atom. The highest BCUT2D eigenvalue weighted by atomic mass is 127. The van der Waals surface area contributed by atoms with E-state index in [-0.39, 0.29) is 11.8 Å². The molecule has 5 heteroatoms. The van der Waals surface area contributed by atoms with Gasteiger partial charge >= 0.3 is 0 Å². The van der Waals surface area contributed by atoms with Gasteiger partial charge in [0, 0.05) is 5.38 Å². The summed E-state index contributed by atoms with van der Waals surface area (Å²) in [6, 6.07) is 1.89. The number of hydrogen-bond donors (Lipinski definition) is 1. The van der Waals surface area contributed by atoms with Gasteiger partial charge in [-0.15, -0.1) is 11.3 Å². The molecule has 2 heterocycles. The van der Waals surface area contributed by atoms with E-state index >= 15 is 0 Å². The van der Waals surface area contributed by atoms with Crippen molar-refractivity contribution in [1.82, 2.24) is 4.90 Å². The van der Waals surface area contributed by atoms with Gasteiger partial charge in [-0.3, -0.25) is 4.79 Å². The molecule has 1 aliphatic heterocycles. The second-order valence-corrected chi connectivity index (χ2v) is 7.36. The molecule has 1 aliphatic rings. The van der Waals surface area contributed by atoms with Crippen LogP contribution in [-0.4, -0.2) is 34.6 Å². The Balaban J connectivity index is 2.00. The molecule has 0 saturated carbocycles. The van der Waals surface area contributed by atoms with Crippen LogP contribution in [0.3, 0.4) is 0 Å². The van der Waals surface area contributed by atoms with E-state index in [2.05, 4.69) is 22.6 Å². The molecule has 1 amide bonds. The number of nitrogens with zero attached hydrogens (tertiary/aromatic N) is 1. The minimum atomic E-state index is -0.682. The zero-order chi connectivity index (χ0) is 11.9. The van der Waals surface area contributed by atoms with E-state index in [0.717, 1.165) is 8.45 Å². The van der Waals surface area contributed by atoms with Gasteiger partial charge < -0.3 is 10.0 Å². The Morgan fingerprint density at radius 3 is 2.69 bits per heavy atom. The molecule has 0 aromatic carbocycles. The van der Waals surface area contributed by atoms with Gasteiger partial charge in [0.25, 0.3) is 5.91 Å². The van der Waals surface area contributed by atoms with Crippen LogP contribution < -0.4 is 0 Å². The van der Waals surface area contributed by atoms with E-state index < -0.39 is 5.60 Å². The summed E-state index contributed by atoms with van der Waals surface area (Å²) in [5, 5.41) is 11.9. The van der Waals surface area contributed by atoms with Crippen LogP contribution >= 0.6 is 33.9 Å². The average Bonchev–Trinajstić information content (AvgIpc) is 2.58. The van der Waals surface area contributed by atoms with E-state index in [1.54, 1.807) is 16.2 Å². The number of amides is 1. The molecule has 2 rings (SSSR count). The van der Waals surface area contributed by atoms with Crippen molar-refractivity contribution in [1.29, 1.82) is 0 Å². The van der Waals surface area contributed by atoms with E-state index in [4.69, 9.17) is 0 Å². The Kier molecular flexibility index (Phi) is 3.29. The lowest BCUT2D eigenvalue weighted by molar-refractivity contribution is -0.110.